The van der Waals surface area contributed by atoms with E-state index in [-0.39, 0.29) is 0 Å². The molecular formula is C7H9BrN2. The molecule has 0 atom stereocenters. The van der Waals surface area contributed by atoms with Crippen molar-refractivity contribution in [2.45, 2.75) is 25.2 Å². The Morgan fingerprint density at radius 1 is 1.70 bits per heavy atom. The summed E-state index contributed by atoms with van der Waals surface area (Å²) in [6.07, 6.45) is 4.50. The Balaban J connectivity index is 2.34. The molecule has 54 valence electrons. The number of rotatable bonds is 1. The fraction of sp³-hybridized carbons (Fsp3) is 0.571. The largest absolute Gasteiger partial charge is 0.336 e. The predicted octanol–water partition coefficient (Wildman–Crippen LogP) is 2.22. The zero-order chi connectivity index (χ0) is 7.19. The standard InChI is InChI=1S/C7H9BrN2/c1-7(2-3-7)5-4-9-6(8)10-5/h4H,2-3H2,1H3,(H,9,10). The monoisotopic (exact) mass is 200 g/mol. The highest BCUT2D eigenvalue weighted by Crippen LogP contribution is 2.46. The van der Waals surface area contributed by atoms with Gasteiger partial charge in [-0.25, -0.2) is 4.98 Å². The summed E-state index contributed by atoms with van der Waals surface area (Å²) in [5.41, 5.74) is 1.68. The molecule has 0 bridgehead atoms. The normalized spacial score (nSPS) is 21.0. The van der Waals surface area contributed by atoms with Crippen molar-refractivity contribution in [3.05, 3.63) is 16.6 Å². The molecule has 10 heavy (non-hydrogen) atoms. The molecule has 0 unspecified atom stereocenters. The molecule has 0 aliphatic heterocycles. The predicted molar refractivity (Wildman–Crippen MR) is 42.9 cm³/mol. The Morgan fingerprint density at radius 3 is 2.80 bits per heavy atom. The van der Waals surface area contributed by atoms with Gasteiger partial charge in [-0.3, -0.25) is 0 Å². The molecule has 0 saturated heterocycles. The van der Waals surface area contributed by atoms with E-state index in [0.29, 0.717) is 5.41 Å². The van der Waals surface area contributed by atoms with Gasteiger partial charge in [-0.2, -0.15) is 0 Å². The number of H-pyrrole nitrogens is 1. The quantitative estimate of drug-likeness (QED) is 0.741. The van der Waals surface area contributed by atoms with Gasteiger partial charge >= 0.3 is 0 Å². The number of hydrogen-bond donors (Lipinski definition) is 1. The maximum Gasteiger partial charge on any atom is 0.174 e. The van der Waals surface area contributed by atoms with Crippen LogP contribution in [0.2, 0.25) is 0 Å². The van der Waals surface area contributed by atoms with Crippen molar-refractivity contribution in [2.24, 2.45) is 0 Å². The molecule has 0 amide bonds. The van der Waals surface area contributed by atoms with Crippen molar-refractivity contribution >= 4 is 15.9 Å². The first-order chi connectivity index (χ1) is 4.71. The highest BCUT2D eigenvalue weighted by Gasteiger charge is 2.40. The van der Waals surface area contributed by atoms with E-state index in [1.807, 2.05) is 6.20 Å². The van der Waals surface area contributed by atoms with Gasteiger partial charge in [0.05, 0.1) is 0 Å². The molecular weight excluding hydrogens is 192 g/mol. The van der Waals surface area contributed by atoms with E-state index in [0.717, 1.165) is 4.73 Å². The van der Waals surface area contributed by atoms with Gasteiger partial charge < -0.3 is 4.98 Å². The summed E-state index contributed by atoms with van der Waals surface area (Å²) in [4.78, 5) is 7.27. The van der Waals surface area contributed by atoms with E-state index in [9.17, 15) is 0 Å². The minimum Gasteiger partial charge on any atom is -0.336 e. The Kier molecular flexibility index (Phi) is 1.18. The van der Waals surface area contributed by atoms with Crippen LogP contribution >= 0.6 is 15.9 Å². The number of nitrogens with one attached hydrogen (secondary N) is 1. The number of hydrogen-bond acceptors (Lipinski definition) is 1. The molecule has 0 aromatic carbocycles. The second-order valence-electron chi connectivity index (χ2n) is 3.15. The van der Waals surface area contributed by atoms with Gasteiger partial charge in [-0.1, -0.05) is 6.92 Å². The maximum atomic E-state index is 4.08. The van der Waals surface area contributed by atoms with E-state index in [2.05, 4.69) is 32.8 Å². The van der Waals surface area contributed by atoms with Gasteiger partial charge in [-0.15, -0.1) is 0 Å². The molecule has 1 fully saturated rings. The second-order valence-corrected chi connectivity index (χ2v) is 3.90. The lowest BCUT2D eigenvalue weighted by molar-refractivity contribution is 0.756. The first kappa shape index (κ1) is 6.40. The van der Waals surface area contributed by atoms with Crippen LogP contribution in [0.25, 0.3) is 0 Å². The summed E-state index contributed by atoms with van der Waals surface area (Å²) in [6, 6.07) is 0. The van der Waals surface area contributed by atoms with E-state index in [4.69, 9.17) is 0 Å². The Bertz CT molecular complexity index is 250. The zero-order valence-corrected chi connectivity index (χ0v) is 7.40. The molecule has 1 saturated carbocycles. The van der Waals surface area contributed by atoms with Crippen LogP contribution in [0.5, 0.6) is 0 Å². The minimum absolute atomic E-state index is 0.416. The van der Waals surface area contributed by atoms with Crippen molar-refractivity contribution in [1.82, 2.24) is 9.97 Å². The number of imidazole rings is 1. The summed E-state index contributed by atoms with van der Waals surface area (Å²) in [5.74, 6) is 0. The minimum atomic E-state index is 0.416. The summed E-state index contributed by atoms with van der Waals surface area (Å²) in [6.45, 7) is 2.26. The van der Waals surface area contributed by atoms with Crippen LogP contribution in [0.1, 0.15) is 25.5 Å². The molecule has 0 radical (unpaired) electrons. The summed E-state index contributed by atoms with van der Waals surface area (Å²) in [7, 11) is 0. The molecule has 1 N–H and O–H groups in total. The number of aromatic nitrogens is 2. The van der Waals surface area contributed by atoms with Crippen LogP contribution in [0.3, 0.4) is 0 Å². The SMILES string of the molecule is CC1(c2cnc(Br)[nH]2)CC1. The third-order valence-electron chi connectivity index (χ3n) is 2.20. The van der Waals surface area contributed by atoms with Crippen LogP contribution in [-0.2, 0) is 5.41 Å². The Labute approximate surface area is 68.2 Å². The van der Waals surface area contributed by atoms with Gasteiger partial charge in [0, 0.05) is 17.3 Å². The first-order valence-electron chi connectivity index (χ1n) is 3.42. The van der Waals surface area contributed by atoms with Crippen LogP contribution in [0, 0.1) is 0 Å². The van der Waals surface area contributed by atoms with Crippen LogP contribution in [-0.4, -0.2) is 9.97 Å². The topological polar surface area (TPSA) is 28.7 Å². The number of nitrogens with zero attached hydrogens (tertiary/aromatic N) is 1. The molecule has 1 aromatic rings. The highest BCUT2D eigenvalue weighted by atomic mass is 79.9. The van der Waals surface area contributed by atoms with E-state index >= 15 is 0 Å². The molecule has 2 rings (SSSR count). The fourth-order valence-corrected chi connectivity index (χ4v) is 1.38. The van der Waals surface area contributed by atoms with Gasteiger partial charge in [0.1, 0.15) is 0 Å². The lowest BCUT2D eigenvalue weighted by Crippen LogP contribution is -1.98. The number of halogens is 1. The average molecular weight is 201 g/mol. The smallest absolute Gasteiger partial charge is 0.174 e. The van der Waals surface area contributed by atoms with Gasteiger partial charge in [-0.05, 0) is 28.8 Å². The molecule has 2 nitrogen and oxygen atoms in total. The summed E-state index contributed by atoms with van der Waals surface area (Å²) in [5, 5.41) is 0. The summed E-state index contributed by atoms with van der Waals surface area (Å²) >= 11 is 3.29. The average Bonchev–Trinajstić information content (AvgIpc) is 2.45. The highest BCUT2D eigenvalue weighted by molar-refractivity contribution is 9.10. The van der Waals surface area contributed by atoms with Gasteiger partial charge in [0.25, 0.3) is 0 Å². The van der Waals surface area contributed by atoms with Gasteiger partial charge in [0.2, 0.25) is 0 Å². The molecule has 1 heterocycles. The fourth-order valence-electron chi connectivity index (χ4n) is 1.06. The molecule has 1 aliphatic rings. The third-order valence-corrected chi connectivity index (χ3v) is 2.60. The first-order valence-corrected chi connectivity index (χ1v) is 4.21. The lowest BCUT2D eigenvalue weighted by atomic mass is 10.1. The molecule has 1 aliphatic carbocycles. The molecule has 1 aromatic heterocycles. The van der Waals surface area contributed by atoms with E-state index < -0.39 is 0 Å². The second kappa shape index (κ2) is 1.84. The third kappa shape index (κ3) is 0.888. The number of aromatic amines is 1. The Morgan fingerprint density at radius 2 is 2.40 bits per heavy atom. The maximum absolute atomic E-state index is 4.08. The van der Waals surface area contributed by atoms with Crippen molar-refractivity contribution in [1.29, 1.82) is 0 Å². The van der Waals surface area contributed by atoms with E-state index in [1.165, 1.54) is 18.5 Å². The van der Waals surface area contributed by atoms with Crippen molar-refractivity contribution in [3.8, 4) is 0 Å². The van der Waals surface area contributed by atoms with E-state index in [1.54, 1.807) is 0 Å². The molecule has 3 heteroatoms. The zero-order valence-electron chi connectivity index (χ0n) is 5.82. The van der Waals surface area contributed by atoms with Crippen LogP contribution < -0.4 is 0 Å². The van der Waals surface area contributed by atoms with Crippen LogP contribution in [0.15, 0.2) is 10.9 Å². The van der Waals surface area contributed by atoms with Crippen molar-refractivity contribution in [2.75, 3.05) is 0 Å². The lowest BCUT2D eigenvalue weighted by Gasteiger charge is -2.01. The molecule has 0 spiro atoms. The summed E-state index contributed by atoms with van der Waals surface area (Å²) < 4.78 is 0.843. The Hall–Kier alpha value is -0.310. The van der Waals surface area contributed by atoms with Gasteiger partial charge in [0.15, 0.2) is 4.73 Å². The van der Waals surface area contributed by atoms with Crippen LogP contribution in [0.4, 0.5) is 0 Å². The van der Waals surface area contributed by atoms with Crippen molar-refractivity contribution < 1.29 is 0 Å². The van der Waals surface area contributed by atoms with Crippen molar-refractivity contribution in [3.63, 3.8) is 0 Å².